The lowest BCUT2D eigenvalue weighted by Crippen LogP contribution is -2.25. The fourth-order valence-corrected chi connectivity index (χ4v) is 4.73. The number of nitrogens with one attached hydrogen (secondary N) is 4. The summed E-state index contributed by atoms with van der Waals surface area (Å²) >= 11 is 0. The van der Waals surface area contributed by atoms with Gasteiger partial charge in [0.25, 0.3) is 11.5 Å². The average molecular weight is 569 g/mol. The van der Waals surface area contributed by atoms with Crippen molar-refractivity contribution in [3.63, 3.8) is 0 Å². The van der Waals surface area contributed by atoms with Crippen LogP contribution in [0.5, 0.6) is 0 Å². The predicted octanol–water partition coefficient (Wildman–Crippen LogP) is 4.98. The molecule has 0 atom stereocenters. The van der Waals surface area contributed by atoms with Gasteiger partial charge in [-0.3, -0.25) is 19.5 Å². The highest BCUT2D eigenvalue weighted by molar-refractivity contribution is 6.05. The number of hydrogen-bond acceptors (Lipinski definition) is 7. The fourth-order valence-electron chi connectivity index (χ4n) is 4.73. The summed E-state index contributed by atoms with van der Waals surface area (Å²) in [5.41, 5.74) is 3.00. The van der Waals surface area contributed by atoms with E-state index in [1.165, 1.54) is 16.7 Å². The van der Waals surface area contributed by atoms with Gasteiger partial charge in [0.05, 0.1) is 11.4 Å². The second kappa shape index (κ2) is 12.3. The van der Waals surface area contributed by atoms with Crippen LogP contribution in [0.15, 0.2) is 65.7 Å². The van der Waals surface area contributed by atoms with Gasteiger partial charge in [0, 0.05) is 47.6 Å². The number of aromatic nitrogens is 5. The number of anilines is 2. The first-order valence-electron chi connectivity index (χ1n) is 13.8. The number of pyridine rings is 1. The molecule has 10 nitrogen and oxygen atoms in total. The van der Waals surface area contributed by atoms with Crippen LogP contribution >= 0.6 is 0 Å². The Labute approximate surface area is 242 Å². The molecule has 11 heteroatoms. The smallest absolute Gasteiger partial charge is 0.257 e. The molecule has 3 aromatic heterocycles. The van der Waals surface area contributed by atoms with Gasteiger partial charge in [-0.1, -0.05) is 32.0 Å². The van der Waals surface area contributed by atoms with Crippen molar-refractivity contribution in [1.29, 1.82) is 0 Å². The van der Waals surface area contributed by atoms with Gasteiger partial charge in [0.1, 0.15) is 5.82 Å². The number of carbonyl (C=O) groups excluding carboxylic acids is 1. The Bertz CT molecular complexity index is 1780. The number of imidazole rings is 1. The van der Waals surface area contributed by atoms with Crippen molar-refractivity contribution in [1.82, 2.24) is 29.8 Å². The van der Waals surface area contributed by atoms with E-state index in [1.807, 2.05) is 13.0 Å². The molecule has 3 heterocycles. The number of aryl methyl sites for hydroxylation is 2. The van der Waals surface area contributed by atoms with Gasteiger partial charge in [0.15, 0.2) is 5.65 Å². The molecule has 0 saturated heterocycles. The zero-order valence-electron chi connectivity index (χ0n) is 24.0. The second-order valence-corrected chi connectivity index (χ2v) is 10.4. The Morgan fingerprint density at radius 3 is 2.62 bits per heavy atom. The molecule has 0 aliphatic carbocycles. The molecular weight excluding hydrogens is 535 g/mol. The number of hydrogen-bond donors (Lipinski definition) is 4. The molecule has 0 spiro atoms. The molecule has 2 aromatic carbocycles. The lowest BCUT2D eigenvalue weighted by atomic mass is 9.99. The zero-order valence-corrected chi connectivity index (χ0v) is 24.0. The Hall–Kier alpha value is -4.90. The molecule has 0 aliphatic rings. The molecule has 0 saturated carbocycles. The van der Waals surface area contributed by atoms with E-state index in [1.54, 1.807) is 49.6 Å². The van der Waals surface area contributed by atoms with Crippen LogP contribution in [0.4, 0.5) is 16.3 Å². The van der Waals surface area contributed by atoms with E-state index in [0.29, 0.717) is 52.3 Å². The van der Waals surface area contributed by atoms with Crippen molar-refractivity contribution in [3.8, 4) is 16.9 Å². The summed E-state index contributed by atoms with van der Waals surface area (Å²) in [7, 11) is 0. The predicted molar refractivity (Wildman–Crippen MR) is 163 cm³/mol. The van der Waals surface area contributed by atoms with Crippen molar-refractivity contribution >= 4 is 28.8 Å². The largest absolute Gasteiger partial charge is 0.354 e. The number of benzene rings is 2. The van der Waals surface area contributed by atoms with E-state index in [2.05, 4.69) is 39.8 Å². The maximum Gasteiger partial charge on any atom is 0.257 e. The maximum absolute atomic E-state index is 15.2. The Morgan fingerprint density at radius 2 is 1.88 bits per heavy atom. The van der Waals surface area contributed by atoms with Crippen LogP contribution in [0.3, 0.4) is 0 Å². The average Bonchev–Trinajstić information content (AvgIpc) is 3.46. The summed E-state index contributed by atoms with van der Waals surface area (Å²) in [5.74, 6) is -0.260. The molecule has 1 amide bonds. The van der Waals surface area contributed by atoms with Crippen LogP contribution in [0, 0.1) is 19.7 Å². The van der Waals surface area contributed by atoms with Gasteiger partial charge in [-0.15, -0.1) is 0 Å². The van der Waals surface area contributed by atoms with Crippen LogP contribution in [0.25, 0.3) is 28.0 Å². The molecule has 0 bridgehead atoms. The van der Waals surface area contributed by atoms with Crippen molar-refractivity contribution in [2.24, 2.45) is 0 Å². The van der Waals surface area contributed by atoms with Crippen LogP contribution in [-0.2, 0) is 0 Å². The lowest BCUT2D eigenvalue weighted by molar-refractivity contribution is 0.102. The third-order valence-corrected chi connectivity index (χ3v) is 6.84. The SMILES string of the molecule is Cc1ccc(C(=O)Nc2ncc[nH]2)cc1-c1nc(NCCCNC(C)C)nc2c1ccc(=O)n2-c1c(C)cccc1F. The van der Waals surface area contributed by atoms with E-state index in [-0.39, 0.29) is 17.2 Å². The molecule has 216 valence electrons. The van der Waals surface area contributed by atoms with Gasteiger partial charge in [0.2, 0.25) is 11.9 Å². The van der Waals surface area contributed by atoms with Crippen molar-refractivity contribution in [2.75, 3.05) is 23.7 Å². The number of nitrogens with zero attached hydrogens (tertiary/aromatic N) is 4. The minimum absolute atomic E-state index is 0.133. The number of halogens is 1. The monoisotopic (exact) mass is 568 g/mol. The highest BCUT2D eigenvalue weighted by atomic mass is 19.1. The molecule has 42 heavy (non-hydrogen) atoms. The molecule has 5 rings (SSSR count). The second-order valence-electron chi connectivity index (χ2n) is 10.4. The van der Waals surface area contributed by atoms with Gasteiger partial charge in [-0.2, -0.15) is 4.98 Å². The normalized spacial score (nSPS) is 11.3. The van der Waals surface area contributed by atoms with Gasteiger partial charge < -0.3 is 15.6 Å². The summed E-state index contributed by atoms with van der Waals surface area (Å²) in [6.07, 6.45) is 3.98. The Balaban J connectivity index is 1.66. The number of aromatic amines is 1. The van der Waals surface area contributed by atoms with E-state index in [9.17, 15) is 9.59 Å². The van der Waals surface area contributed by atoms with E-state index >= 15 is 4.39 Å². The minimum Gasteiger partial charge on any atom is -0.354 e. The van der Waals surface area contributed by atoms with Crippen molar-refractivity contribution < 1.29 is 9.18 Å². The number of H-pyrrole nitrogens is 1. The van der Waals surface area contributed by atoms with Gasteiger partial charge in [-0.05, 0) is 62.2 Å². The van der Waals surface area contributed by atoms with Crippen LogP contribution in [0.1, 0.15) is 41.8 Å². The maximum atomic E-state index is 15.2. The third-order valence-electron chi connectivity index (χ3n) is 6.84. The summed E-state index contributed by atoms with van der Waals surface area (Å²) in [6.45, 7) is 9.21. The topological polar surface area (TPSA) is 130 Å². The van der Waals surface area contributed by atoms with Gasteiger partial charge in [-0.25, -0.2) is 14.4 Å². The summed E-state index contributed by atoms with van der Waals surface area (Å²) in [5, 5.41) is 9.93. The number of amides is 1. The highest BCUT2D eigenvalue weighted by Gasteiger charge is 2.20. The minimum atomic E-state index is -0.535. The molecule has 4 N–H and O–H groups in total. The van der Waals surface area contributed by atoms with Crippen molar-refractivity contribution in [3.05, 3.63) is 93.8 Å². The standard InChI is InChI=1S/C31H33FN8O2/c1-18(2)33-13-6-14-34-31-37-26(23-17-21(10-9-19(23)3)29(42)39-30-35-15-16-36-30)22-11-12-25(41)40(28(22)38-31)27-20(4)7-5-8-24(27)32/h5,7-12,15-18,33H,6,13-14H2,1-4H3,(H,34,37,38)(H2,35,36,39,42). The number of carbonyl (C=O) groups is 1. The molecular formula is C31H33FN8O2. The quantitative estimate of drug-likeness (QED) is 0.175. The van der Waals surface area contributed by atoms with Crippen LogP contribution in [0.2, 0.25) is 0 Å². The third kappa shape index (κ3) is 6.06. The van der Waals surface area contributed by atoms with Gasteiger partial charge >= 0.3 is 0 Å². The molecule has 0 fully saturated rings. The number of para-hydroxylation sites is 1. The van der Waals surface area contributed by atoms with Crippen LogP contribution in [-0.4, -0.2) is 49.5 Å². The van der Waals surface area contributed by atoms with Crippen LogP contribution < -0.4 is 21.5 Å². The Morgan fingerprint density at radius 1 is 1.05 bits per heavy atom. The molecule has 0 radical (unpaired) electrons. The first kappa shape index (κ1) is 28.6. The lowest BCUT2D eigenvalue weighted by Gasteiger charge is -2.17. The number of rotatable bonds is 10. The summed E-state index contributed by atoms with van der Waals surface area (Å²) in [4.78, 5) is 42.8. The number of fused-ring (bicyclic) bond motifs is 1. The molecule has 5 aromatic rings. The molecule has 0 aliphatic heterocycles. The fraction of sp³-hybridized carbons (Fsp3) is 0.258. The first-order chi connectivity index (χ1) is 20.2. The van der Waals surface area contributed by atoms with E-state index < -0.39 is 11.4 Å². The molecule has 0 unspecified atom stereocenters. The summed E-state index contributed by atoms with van der Waals surface area (Å²) < 4.78 is 16.5. The first-order valence-corrected chi connectivity index (χ1v) is 13.8. The summed E-state index contributed by atoms with van der Waals surface area (Å²) in [6, 6.07) is 13.4. The van der Waals surface area contributed by atoms with E-state index in [0.717, 1.165) is 18.5 Å². The van der Waals surface area contributed by atoms with E-state index in [4.69, 9.17) is 9.97 Å². The Kier molecular flexibility index (Phi) is 8.39. The highest BCUT2D eigenvalue weighted by Crippen LogP contribution is 2.32. The van der Waals surface area contributed by atoms with Crippen molar-refractivity contribution in [2.45, 2.75) is 40.2 Å². The zero-order chi connectivity index (χ0) is 29.8.